The summed E-state index contributed by atoms with van der Waals surface area (Å²) in [4.78, 5) is 9.16. The Kier molecular flexibility index (Phi) is 4.05. The van der Waals surface area contributed by atoms with Crippen molar-refractivity contribution >= 4 is 0 Å². The first kappa shape index (κ1) is 12.7. The summed E-state index contributed by atoms with van der Waals surface area (Å²) < 4.78 is 0. The molecule has 0 saturated carbocycles. The smallest absolute Gasteiger partial charge is 0.133 e. The van der Waals surface area contributed by atoms with Gasteiger partial charge in [0.1, 0.15) is 5.82 Å². The fraction of sp³-hybridized carbons (Fsp3) is 0.333. The maximum atomic E-state index is 5.60. The lowest BCUT2D eigenvalue weighted by atomic mass is 10.1. The summed E-state index contributed by atoms with van der Waals surface area (Å²) in [6.07, 6.45) is 1.63. The quantitative estimate of drug-likeness (QED) is 0.892. The lowest BCUT2D eigenvalue weighted by Gasteiger charge is -2.10. The van der Waals surface area contributed by atoms with Crippen LogP contribution in [0.1, 0.15) is 28.3 Å². The van der Waals surface area contributed by atoms with Crippen molar-refractivity contribution in [3.05, 3.63) is 58.7 Å². The molecule has 94 valence electrons. The van der Waals surface area contributed by atoms with Crippen LogP contribution in [0, 0.1) is 13.8 Å². The van der Waals surface area contributed by atoms with Gasteiger partial charge in [0.15, 0.2) is 0 Å². The zero-order chi connectivity index (χ0) is 13.0. The molecule has 0 aliphatic heterocycles. The fourth-order valence-corrected chi connectivity index (χ4v) is 2.17. The van der Waals surface area contributed by atoms with Gasteiger partial charge in [-0.2, -0.15) is 0 Å². The van der Waals surface area contributed by atoms with Crippen molar-refractivity contribution < 1.29 is 0 Å². The van der Waals surface area contributed by atoms with E-state index in [2.05, 4.69) is 22.1 Å². The van der Waals surface area contributed by atoms with Crippen LogP contribution in [0.5, 0.6) is 0 Å². The molecule has 0 fully saturated rings. The molecule has 1 aromatic carbocycles. The van der Waals surface area contributed by atoms with Crippen molar-refractivity contribution in [3.63, 3.8) is 0 Å². The third-order valence-corrected chi connectivity index (χ3v) is 3.07. The van der Waals surface area contributed by atoms with E-state index < -0.39 is 0 Å². The van der Waals surface area contributed by atoms with E-state index in [0.29, 0.717) is 6.54 Å². The van der Waals surface area contributed by atoms with E-state index in [-0.39, 0.29) is 0 Å². The van der Waals surface area contributed by atoms with E-state index in [1.165, 1.54) is 11.1 Å². The van der Waals surface area contributed by atoms with E-state index >= 15 is 0 Å². The molecule has 0 saturated heterocycles. The molecule has 0 aliphatic rings. The Morgan fingerprint density at radius 2 is 1.61 bits per heavy atom. The van der Waals surface area contributed by atoms with Gasteiger partial charge in [0, 0.05) is 17.8 Å². The van der Waals surface area contributed by atoms with Gasteiger partial charge in [-0.25, -0.2) is 9.97 Å². The van der Waals surface area contributed by atoms with Crippen LogP contribution in [0.4, 0.5) is 0 Å². The summed E-state index contributed by atoms with van der Waals surface area (Å²) in [5.74, 6) is 0.886. The Bertz CT molecular complexity index is 498. The van der Waals surface area contributed by atoms with Gasteiger partial charge < -0.3 is 5.73 Å². The van der Waals surface area contributed by atoms with Gasteiger partial charge in [0.05, 0.1) is 0 Å². The minimum absolute atomic E-state index is 0.642. The molecule has 18 heavy (non-hydrogen) atoms. The highest BCUT2D eigenvalue weighted by molar-refractivity contribution is 5.27. The summed E-state index contributed by atoms with van der Waals surface area (Å²) in [5.41, 5.74) is 10.1. The summed E-state index contributed by atoms with van der Waals surface area (Å²) in [7, 11) is 0. The molecule has 0 amide bonds. The van der Waals surface area contributed by atoms with Crippen LogP contribution in [0.15, 0.2) is 30.3 Å². The van der Waals surface area contributed by atoms with Gasteiger partial charge in [-0.15, -0.1) is 0 Å². The largest absolute Gasteiger partial charge is 0.330 e. The maximum absolute atomic E-state index is 5.60. The average molecular weight is 241 g/mol. The van der Waals surface area contributed by atoms with Crippen molar-refractivity contribution in [1.82, 2.24) is 9.97 Å². The van der Waals surface area contributed by atoms with Crippen molar-refractivity contribution in [2.24, 2.45) is 5.73 Å². The lowest BCUT2D eigenvalue weighted by molar-refractivity contribution is 0.851. The number of benzene rings is 1. The zero-order valence-electron chi connectivity index (χ0n) is 11.0. The molecule has 3 heteroatoms. The first-order valence-electron chi connectivity index (χ1n) is 6.27. The number of hydrogen-bond donors (Lipinski definition) is 1. The number of nitrogens with two attached hydrogens (primary N) is 1. The van der Waals surface area contributed by atoms with Crippen molar-refractivity contribution in [3.8, 4) is 0 Å². The first-order chi connectivity index (χ1) is 8.70. The topological polar surface area (TPSA) is 51.8 Å². The average Bonchev–Trinajstić information content (AvgIpc) is 2.35. The summed E-state index contributed by atoms with van der Waals surface area (Å²) in [5, 5.41) is 0. The molecule has 0 atom stereocenters. The Balaban J connectivity index is 2.25. The molecule has 2 N–H and O–H groups in total. The second kappa shape index (κ2) is 5.74. The summed E-state index contributed by atoms with van der Waals surface area (Å²) in [6, 6.07) is 10.3. The molecule has 3 nitrogen and oxygen atoms in total. The molecule has 1 heterocycles. The molecule has 2 aromatic rings. The normalized spacial score (nSPS) is 10.6. The number of rotatable bonds is 4. The van der Waals surface area contributed by atoms with Crippen molar-refractivity contribution in [2.75, 3.05) is 6.54 Å². The second-order valence-corrected chi connectivity index (χ2v) is 4.49. The maximum Gasteiger partial charge on any atom is 0.133 e. The van der Waals surface area contributed by atoms with E-state index in [1.54, 1.807) is 0 Å². The molecule has 0 bridgehead atoms. The number of aryl methyl sites for hydroxylation is 2. The third kappa shape index (κ3) is 2.93. The van der Waals surface area contributed by atoms with Crippen LogP contribution in [-0.4, -0.2) is 16.5 Å². The van der Waals surface area contributed by atoms with Crippen LogP contribution in [0.25, 0.3) is 0 Å². The standard InChI is InChI=1S/C15H19N3/c1-11-14(8-9-16)12(2)18-15(17-11)10-13-6-4-3-5-7-13/h3-7H,8-10,16H2,1-2H3. The SMILES string of the molecule is Cc1nc(Cc2ccccc2)nc(C)c1CCN. The molecular formula is C15H19N3. The second-order valence-electron chi connectivity index (χ2n) is 4.49. The van der Waals surface area contributed by atoms with Crippen LogP contribution >= 0.6 is 0 Å². The molecule has 2 rings (SSSR count). The van der Waals surface area contributed by atoms with E-state index in [4.69, 9.17) is 5.73 Å². The minimum Gasteiger partial charge on any atom is -0.330 e. The van der Waals surface area contributed by atoms with Gasteiger partial charge in [0.25, 0.3) is 0 Å². The highest BCUT2D eigenvalue weighted by atomic mass is 14.9. The fourth-order valence-electron chi connectivity index (χ4n) is 2.17. The van der Waals surface area contributed by atoms with Gasteiger partial charge in [0.2, 0.25) is 0 Å². The minimum atomic E-state index is 0.642. The molecule has 0 spiro atoms. The van der Waals surface area contributed by atoms with Gasteiger partial charge in [-0.1, -0.05) is 30.3 Å². The Morgan fingerprint density at radius 3 is 2.17 bits per heavy atom. The monoisotopic (exact) mass is 241 g/mol. The van der Waals surface area contributed by atoms with Crippen LogP contribution < -0.4 is 5.73 Å². The predicted molar refractivity (Wildman–Crippen MR) is 73.5 cm³/mol. The van der Waals surface area contributed by atoms with Crippen molar-refractivity contribution in [1.29, 1.82) is 0 Å². The van der Waals surface area contributed by atoms with Crippen LogP contribution in [-0.2, 0) is 12.8 Å². The van der Waals surface area contributed by atoms with Crippen LogP contribution in [0.3, 0.4) is 0 Å². The number of aromatic nitrogens is 2. The molecule has 1 aromatic heterocycles. The van der Waals surface area contributed by atoms with E-state index in [0.717, 1.165) is 30.1 Å². The predicted octanol–water partition coefficient (Wildman–Crippen LogP) is 2.19. The molecule has 0 aliphatic carbocycles. The number of nitrogens with zero attached hydrogens (tertiary/aromatic N) is 2. The van der Waals surface area contributed by atoms with Gasteiger partial charge >= 0.3 is 0 Å². The molecular weight excluding hydrogens is 222 g/mol. The Labute approximate surface area is 108 Å². The lowest BCUT2D eigenvalue weighted by Crippen LogP contribution is -2.10. The Hall–Kier alpha value is -1.74. The molecule has 0 unspecified atom stereocenters. The zero-order valence-corrected chi connectivity index (χ0v) is 11.0. The van der Waals surface area contributed by atoms with Gasteiger partial charge in [-0.05, 0) is 37.9 Å². The highest BCUT2D eigenvalue weighted by Gasteiger charge is 2.08. The van der Waals surface area contributed by atoms with E-state index in [9.17, 15) is 0 Å². The third-order valence-electron chi connectivity index (χ3n) is 3.07. The Morgan fingerprint density at radius 1 is 1.00 bits per heavy atom. The number of hydrogen-bond acceptors (Lipinski definition) is 3. The van der Waals surface area contributed by atoms with E-state index in [1.807, 2.05) is 32.0 Å². The summed E-state index contributed by atoms with van der Waals surface area (Å²) >= 11 is 0. The van der Waals surface area contributed by atoms with Crippen molar-refractivity contribution in [2.45, 2.75) is 26.7 Å². The van der Waals surface area contributed by atoms with Gasteiger partial charge in [-0.3, -0.25) is 0 Å². The molecule has 0 radical (unpaired) electrons. The van der Waals surface area contributed by atoms with Crippen LogP contribution in [0.2, 0.25) is 0 Å². The summed E-state index contributed by atoms with van der Waals surface area (Å²) in [6.45, 7) is 4.71. The highest BCUT2D eigenvalue weighted by Crippen LogP contribution is 2.13. The first-order valence-corrected chi connectivity index (χ1v) is 6.27.